The van der Waals surface area contributed by atoms with Crippen molar-refractivity contribution in [3.05, 3.63) is 46.4 Å². The fourth-order valence-electron chi connectivity index (χ4n) is 3.84. The first-order chi connectivity index (χ1) is 14.5. The Morgan fingerprint density at radius 3 is 2.63 bits per heavy atom. The molecule has 3 aromatic rings. The van der Waals surface area contributed by atoms with E-state index in [9.17, 15) is 4.79 Å². The van der Waals surface area contributed by atoms with Gasteiger partial charge in [-0.15, -0.1) is 10.2 Å². The first-order valence-electron chi connectivity index (χ1n) is 10.0. The van der Waals surface area contributed by atoms with Crippen LogP contribution in [0.4, 0.5) is 0 Å². The van der Waals surface area contributed by atoms with Gasteiger partial charge in [0.05, 0.1) is 23.6 Å². The Bertz CT molecular complexity index is 1070. The Labute approximate surface area is 180 Å². The van der Waals surface area contributed by atoms with Gasteiger partial charge < -0.3 is 14.5 Å². The maximum absolute atomic E-state index is 13.1. The highest BCUT2D eigenvalue weighted by Crippen LogP contribution is 2.30. The lowest BCUT2D eigenvalue weighted by Gasteiger charge is -2.33. The minimum Gasteiger partial charge on any atom is -0.378 e. The second kappa shape index (κ2) is 8.67. The third kappa shape index (κ3) is 3.78. The van der Waals surface area contributed by atoms with Crippen LogP contribution in [-0.2, 0) is 11.3 Å². The molecule has 1 fully saturated rings. The lowest BCUT2D eigenvalue weighted by atomic mass is 10.1. The number of aryl methyl sites for hydroxylation is 1. The number of aromatic nitrogens is 4. The van der Waals surface area contributed by atoms with Gasteiger partial charge in [-0.1, -0.05) is 30.7 Å². The first kappa shape index (κ1) is 20.7. The fraction of sp³-hybridized carbons (Fsp3) is 0.429. The summed E-state index contributed by atoms with van der Waals surface area (Å²) in [4.78, 5) is 17.3. The second-order valence-electron chi connectivity index (χ2n) is 7.36. The molecule has 1 aliphatic heterocycles. The average Bonchev–Trinajstić information content (AvgIpc) is 3.13. The Kier molecular flexibility index (Phi) is 5.99. The zero-order valence-corrected chi connectivity index (χ0v) is 18.2. The van der Waals surface area contributed by atoms with Crippen molar-refractivity contribution < 1.29 is 9.53 Å². The van der Waals surface area contributed by atoms with Gasteiger partial charge in [0.2, 0.25) is 0 Å². The molecular formula is C21H25ClN6O2. The summed E-state index contributed by atoms with van der Waals surface area (Å²) in [5.41, 5.74) is 3.98. The third-order valence-corrected chi connectivity index (χ3v) is 5.78. The van der Waals surface area contributed by atoms with Crippen LogP contribution in [0.1, 0.15) is 28.8 Å². The number of benzene rings is 1. The van der Waals surface area contributed by atoms with Gasteiger partial charge in [0.1, 0.15) is 0 Å². The van der Waals surface area contributed by atoms with Crippen LogP contribution in [0.15, 0.2) is 24.3 Å². The quantitative estimate of drug-likeness (QED) is 0.622. The summed E-state index contributed by atoms with van der Waals surface area (Å²) < 4.78 is 7.03. The predicted molar refractivity (Wildman–Crippen MR) is 115 cm³/mol. The molecule has 0 saturated carbocycles. The van der Waals surface area contributed by atoms with Gasteiger partial charge in [0.25, 0.3) is 5.91 Å². The van der Waals surface area contributed by atoms with E-state index in [1.54, 1.807) is 11.6 Å². The maximum Gasteiger partial charge on any atom is 0.276 e. The van der Waals surface area contributed by atoms with Crippen LogP contribution >= 0.6 is 11.6 Å². The van der Waals surface area contributed by atoms with Crippen molar-refractivity contribution in [3.8, 4) is 11.1 Å². The Morgan fingerprint density at radius 2 is 1.97 bits per heavy atom. The monoisotopic (exact) mass is 428 g/mol. The number of ether oxygens (including phenoxy) is 1. The molecular weight excluding hydrogens is 404 g/mol. The van der Waals surface area contributed by atoms with E-state index in [0.717, 1.165) is 36.5 Å². The number of carbonyl (C=O) groups is 1. The number of methoxy groups -OCH3 is 1. The molecule has 1 aromatic carbocycles. The fourth-order valence-corrected chi connectivity index (χ4v) is 4.03. The molecule has 158 valence electrons. The molecule has 2 aromatic heterocycles. The number of hydrogen-bond acceptors (Lipinski definition) is 6. The number of nitrogens with zero attached hydrogens (tertiary/aromatic N) is 6. The maximum atomic E-state index is 13.1. The molecule has 0 radical (unpaired) electrons. The summed E-state index contributed by atoms with van der Waals surface area (Å²) in [6.45, 7) is 8.41. The summed E-state index contributed by atoms with van der Waals surface area (Å²) in [5, 5.41) is 14.0. The molecule has 0 unspecified atom stereocenters. The van der Waals surface area contributed by atoms with Crippen molar-refractivity contribution in [1.82, 2.24) is 29.6 Å². The Morgan fingerprint density at radius 1 is 1.20 bits per heavy atom. The number of piperazine rings is 1. The van der Waals surface area contributed by atoms with E-state index in [4.69, 9.17) is 16.3 Å². The number of rotatable bonds is 5. The van der Waals surface area contributed by atoms with Gasteiger partial charge in [-0.3, -0.25) is 4.79 Å². The minimum atomic E-state index is -0.106. The van der Waals surface area contributed by atoms with E-state index in [2.05, 4.69) is 27.1 Å². The summed E-state index contributed by atoms with van der Waals surface area (Å²) in [7, 11) is 1.62. The molecule has 1 aliphatic rings. The van der Waals surface area contributed by atoms with Gasteiger partial charge >= 0.3 is 0 Å². The van der Waals surface area contributed by atoms with Crippen LogP contribution in [0.5, 0.6) is 0 Å². The van der Waals surface area contributed by atoms with Crippen molar-refractivity contribution in [3.63, 3.8) is 0 Å². The normalized spacial score (nSPS) is 15.1. The number of hydrogen-bond donors (Lipinski definition) is 0. The van der Waals surface area contributed by atoms with Crippen molar-refractivity contribution in [2.75, 3.05) is 39.8 Å². The highest BCUT2D eigenvalue weighted by molar-refractivity contribution is 6.30. The van der Waals surface area contributed by atoms with Crippen molar-refractivity contribution in [1.29, 1.82) is 0 Å². The van der Waals surface area contributed by atoms with E-state index < -0.39 is 0 Å². The Hall–Kier alpha value is -2.55. The molecule has 0 bridgehead atoms. The molecule has 1 amide bonds. The topological polar surface area (TPSA) is 75.9 Å². The summed E-state index contributed by atoms with van der Waals surface area (Å²) >= 11 is 6.20. The van der Waals surface area contributed by atoms with E-state index >= 15 is 0 Å². The molecule has 30 heavy (non-hydrogen) atoms. The lowest BCUT2D eigenvalue weighted by Crippen LogP contribution is -2.48. The molecule has 4 rings (SSSR count). The van der Waals surface area contributed by atoms with Gasteiger partial charge in [-0.05, 0) is 31.2 Å². The summed E-state index contributed by atoms with van der Waals surface area (Å²) in [6.07, 6.45) is 0. The smallest absolute Gasteiger partial charge is 0.276 e. The molecule has 0 atom stereocenters. The molecule has 0 N–H and O–H groups in total. The van der Waals surface area contributed by atoms with E-state index in [-0.39, 0.29) is 5.91 Å². The molecule has 0 aliphatic carbocycles. The van der Waals surface area contributed by atoms with Gasteiger partial charge in [0, 0.05) is 38.3 Å². The predicted octanol–water partition coefficient (Wildman–Crippen LogP) is 2.68. The number of likely N-dealkylation sites (N-methyl/N-ethyl adjacent to an activating group) is 1. The van der Waals surface area contributed by atoms with E-state index in [1.807, 2.05) is 36.1 Å². The average molecular weight is 429 g/mol. The zero-order valence-electron chi connectivity index (χ0n) is 17.4. The minimum absolute atomic E-state index is 0.106. The molecule has 0 spiro atoms. The molecule has 8 nitrogen and oxygen atoms in total. The highest BCUT2D eigenvalue weighted by atomic mass is 35.5. The lowest BCUT2D eigenvalue weighted by molar-refractivity contribution is 0.0634. The standard InChI is InChI=1S/C21H25ClN6O2/c1-4-26-8-10-27(11-9-26)21(29)19-14(2)28-20(24-23-19)18(17(25-28)13-30-3)15-6-5-7-16(22)12-15/h5-7,12H,4,8-11,13H2,1-3H3. The largest absolute Gasteiger partial charge is 0.378 e. The number of fused-ring (bicyclic) bond motifs is 1. The van der Waals surface area contributed by atoms with Gasteiger partial charge in [-0.2, -0.15) is 5.10 Å². The number of amides is 1. The van der Waals surface area contributed by atoms with Gasteiger partial charge in [0.15, 0.2) is 11.3 Å². The molecule has 9 heteroatoms. The van der Waals surface area contributed by atoms with Crippen LogP contribution in [-0.4, -0.2) is 75.4 Å². The van der Waals surface area contributed by atoms with Crippen LogP contribution in [0.2, 0.25) is 5.02 Å². The Balaban J connectivity index is 1.75. The van der Waals surface area contributed by atoms with E-state index in [1.165, 1.54) is 0 Å². The second-order valence-corrected chi connectivity index (χ2v) is 7.80. The van der Waals surface area contributed by atoms with Crippen LogP contribution in [0, 0.1) is 6.92 Å². The summed E-state index contributed by atoms with van der Waals surface area (Å²) in [6, 6.07) is 7.51. The van der Waals surface area contributed by atoms with E-state index in [0.29, 0.717) is 41.8 Å². The molecule has 1 saturated heterocycles. The third-order valence-electron chi connectivity index (χ3n) is 5.54. The van der Waals surface area contributed by atoms with Crippen molar-refractivity contribution in [2.45, 2.75) is 20.5 Å². The highest BCUT2D eigenvalue weighted by Gasteiger charge is 2.27. The van der Waals surface area contributed by atoms with Gasteiger partial charge in [-0.25, -0.2) is 4.52 Å². The van der Waals surface area contributed by atoms with Crippen LogP contribution < -0.4 is 0 Å². The molecule has 3 heterocycles. The summed E-state index contributed by atoms with van der Waals surface area (Å²) in [5.74, 6) is -0.106. The van der Waals surface area contributed by atoms with Crippen molar-refractivity contribution >= 4 is 23.2 Å². The number of carbonyl (C=O) groups excluding carboxylic acids is 1. The van der Waals surface area contributed by atoms with Crippen LogP contribution in [0.3, 0.4) is 0 Å². The number of halogens is 1. The van der Waals surface area contributed by atoms with Crippen molar-refractivity contribution in [2.24, 2.45) is 0 Å². The zero-order chi connectivity index (χ0) is 21.3. The first-order valence-corrected chi connectivity index (χ1v) is 10.4. The SMILES string of the molecule is CCN1CCN(C(=O)c2nnc3c(-c4cccc(Cl)c4)c(COC)nn3c2C)CC1. The van der Waals surface area contributed by atoms with Crippen LogP contribution in [0.25, 0.3) is 16.8 Å².